The molecule has 5 rings (SSSR count). The van der Waals surface area contributed by atoms with Crippen LogP contribution in [0.5, 0.6) is 0 Å². The maximum absolute atomic E-state index is 15.1. The predicted molar refractivity (Wildman–Crippen MR) is 140 cm³/mol. The highest BCUT2D eigenvalue weighted by atomic mass is 19.1. The number of hydrogen-bond acceptors (Lipinski definition) is 8. The van der Waals surface area contributed by atoms with Crippen LogP contribution in [0.1, 0.15) is 45.0 Å². The van der Waals surface area contributed by atoms with Gasteiger partial charge in [0.1, 0.15) is 5.82 Å². The summed E-state index contributed by atoms with van der Waals surface area (Å²) in [5.41, 5.74) is 2.40. The lowest BCUT2D eigenvalue weighted by Crippen LogP contribution is -2.56. The Bertz CT molecular complexity index is 1540. The number of carbonyl (C=O) groups excluding carboxylic acids is 1. The van der Waals surface area contributed by atoms with Crippen LogP contribution in [0.15, 0.2) is 35.0 Å². The van der Waals surface area contributed by atoms with Gasteiger partial charge in [-0.15, -0.1) is 0 Å². The van der Waals surface area contributed by atoms with Gasteiger partial charge in [0.05, 0.1) is 18.0 Å². The van der Waals surface area contributed by atoms with Crippen molar-refractivity contribution < 1.29 is 13.7 Å². The Balaban J connectivity index is 1.28. The van der Waals surface area contributed by atoms with Gasteiger partial charge < -0.3 is 20.1 Å². The van der Waals surface area contributed by atoms with Gasteiger partial charge in [0.2, 0.25) is 5.89 Å². The van der Waals surface area contributed by atoms with Crippen molar-refractivity contribution >= 4 is 22.8 Å². The summed E-state index contributed by atoms with van der Waals surface area (Å²) in [7, 11) is 0. The van der Waals surface area contributed by atoms with Crippen LogP contribution >= 0.6 is 0 Å². The average molecular weight is 517 g/mol. The van der Waals surface area contributed by atoms with Crippen LogP contribution in [0.4, 0.5) is 10.2 Å². The minimum atomic E-state index is -0.327. The monoisotopic (exact) mass is 516 g/mol. The van der Waals surface area contributed by atoms with Crippen molar-refractivity contribution in [3.63, 3.8) is 0 Å². The number of rotatable bonds is 7. The molecule has 0 atom stereocenters. The summed E-state index contributed by atoms with van der Waals surface area (Å²) in [6, 6.07) is 7.04. The number of anilines is 1. The lowest BCUT2D eigenvalue weighted by atomic mass is 9.97. The highest BCUT2D eigenvalue weighted by Crippen LogP contribution is 2.33. The number of nitrogens with zero attached hydrogens (tertiary/aromatic N) is 5. The number of halogens is 1. The van der Waals surface area contributed by atoms with E-state index in [0.717, 1.165) is 10.9 Å². The van der Waals surface area contributed by atoms with Crippen molar-refractivity contribution in [1.82, 2.24) is 35.5 Å². The number of carbonyl (C=O) groups is 1. The van der Waals surface area contributed by atoms with Crippen molar-refractivity contribution in [3.05, 3.63) is 53.6 Å². The van der Waals surface area contributed by atoms with Crippen LogP contribution in [0.3, 0.4) is 0 Å². The first-order chi connectivity index (χ1) is 18.2. The molecule has 38 heavy (non-hydrogen) atoms. The van der Waals surface area contributed by atoms with Crippen molar-refractivity contribution in [3.8, 4) is 23.0 Å². The SMILES string of the molecule is CC#CC(=O)N1CC(Nc2n[nH]c3nccc(-c4ccc(CNCc5noc(C(C)(C)C)n5)c(F)c4)c23)C1. The van der Waals surface area contributed by atoms with E-state index in [1.807, 2.05) is 32.9 Å². The smallest absolute Gasteiger partial charge is 0.298 e. The molecule has 0 saturated carbocycles. The van der Waals surface area contributed by atoms with Crippen LogP contribution < -0.4 is 10.6 Å². The van der Waals surface area contributed by atoms with Gasteiger partial charge in [-0.2, -0.15) is 10.1 Å². The van der Waals surface area contributed by atoms with Gasteiger partial charge in [-0.25, -0.2) is 9.37 Å². The maximum atomic E-state index is 15.1. The summed E-state index contributed by atoms with van der Waals surface area (Å²) in [6.45, 7) is 9.40. The van der Waals surface area contributed by atoms with E-state index >= 15 is 4.39 Å². The largest absolute Gasteiger partial charge is 0.362 e. The topological polar surface area (TPSA) is 125 Å². The van der Waals surface area contributed by atoms with Crippen molar-refractivity contribution in [2.45, 2.75) is 52.2 Å². The third-order valence-electron chi connectivity index (χ3n) is 6.28. The predicted octanol–water partition coefficient (Wildman–Crippen LogP) is 3.38. The summed E-state index contributed by atoms with van der Waals surface area (Å²) in [6.07, 6.45) is 1.66. The third-order valence-corrected chi connectivity index (χ3v) is 6.28. The van der Waals surface area contributed by atoms with E-state index in [2.05, 4.69) is 47.8 Å². The fourth-order valence-corrected chi connectivity index (χ4v) is 4.21. The van der Waals surface area contributed by atoms with E-state index < -0.39 is 0 Å². The van der Waals surface area contributed by atoms with Gasteiger partial charge in [0.15, 0.2) is 17.3 Å². The molecule has 1 fully saturated rings. The standard InChI is InChI=1S/C27H29FN8O2/c1-5-6-22(37)36-14-18(15-36)31-25-23-19(9-10-30-24(23)33-34-25)16-7-8-17(20(28)11-16)12-29-13-21-32-26(38-35-21)27(2,3)4/h7-11,18,29H,12-15H2,1-4H3,(H2,30,31,33,34). The lowest BCUT2D eigenvalue weighted by Gasteiger charge is -2.38. The fourth-order valence-electron chi connectivity index (χ4n) is 4.21. The van der Waals surface area contributed by atoms with Crippen LogP contribution in [-0.4, -0.2) is 55.3 Å². The van der Waals surface area contributed by atoms with E-state index in [-0.39, 0.29) is 23.2 Å². The Hall–Kier alpha value is -4.30. The Morgan fingerprint density at radius 1 is 1.26 bits per heavy atom. The number of aromatic amines is 1. The summed E-state index contributed by atoms with van der Waals surface area (Å²) in [5.74, 6) is 6.38. The van der Waals surface area contributed by atoms with E-state index in [1.54, 1.807) is 24.1 Å². The zero-order valence-electron chi connectivity index (χ0n) is 21.7. The minimum Gasteiger partial charge on any atom is -0.362 e. The first-order valence-corrected chi connectivity index (χ1v) is 12.4. The molecule has 11 heteroatoms. The van der Waals surface area contributed by atoms with Crippen LogP contribution in [0.25, 0.3) is 22.2 Å². The molecule has 0 unspecified atom stereocenters. The molecule has 4 aromatic rings. The number of H-pyrrole nitrogens is 1. The fraction of sp³-hybridized carbons (Fsp3) is 0.370. The summed E-state index contributed by atoms with van der Waals surface area (Å²) in [4.78, 5) is 22.3. The first-order valence-electron chi connectivity index (χ1n) is 12.4. The maximum Gasteiger partial charge on any atom is 0.298 e. The molecular weight excluding hydrogens is 487 g/mol. The third kappa shape index (κ3) is 5.21. The number of fused-ring (bicyclic) bond motifs is 1. The Morgan fingerprint density at radius 2 is 2.08 bits per heavy atom. The summed E-state index contributed by atoms with van der Waals surface area (Å²) < 4.78 is 20.4. The Labute approximate surface area is 219 Å². The van der Waals surface area contributed by atoms with Gasteiger partial charge in [-0.1, -0.05) is 44.0 Å². The van der Waals surface area contributed by atoms with E-state index in [4.69, 9.17) is 4.52 Å². The molecule has 1 aromatic carbocycles. The van der Waals surface area contributed by atoms with Gasteiger partial charge in [0, 0.05) is 36.8 Å². The molecule has 0 radical (unpaired) electrons. The number of hydrogen-bond donors (Lipinski definition) is 3. The van der Waals surface area contributed by atoms with E-state index in [0.29, 0.717) is 60.5 Å². The normalized spacial score (nSPS) is 13.8. The van der Waals surface area contributed by atoms with Crippen LogP contribution in [-0.2, 0) is 23.3 Å². The zero-order chi connectivity index (χ0) is 26.9. The molecule has 196 valence electrons. The second-order valence-electron chi connectivity index (χ2n) is 10.3. The number of likely N-dealkylation sites (tertiary alicyclic amines) is 1. The molecule has 3 N–H and O–H groups in total. The van der Waals surface area contributed by atoms with Gasteiger partial charge in [-0.05, 0) is 36.1 Å². The molecule has 3 aromatic heterocycles. The van der Waals surface area contributed by atoms with Gasteiger partial charge in [-0.3, -0.25) is 9.89 Å². The Kier molecular flexibility index (Phi) is 6.82. The van der Waals surface area contributed by atoms with E-state index in [9.17, 15) is 4.79 Å². The average Bonchev–Trinajstić information content (AvgIpc) is 3.49. The van der Waals surface area contributed by atoms with Gasteiger partial charge in [0.25, 0.3) is 5.91 Å². The zero-order valence-corrected chi connectivity index (χ0v) is 21.7. The number of amides is 1. The molecule has 1 aliphatic rings. The Morgan fingerprint density at radius 3 is 2.79 bits per heavy atom. The second-order valence-corrected chi connectivity index (χ2v) is 10.3. The molecular formula is C27H29FN8O2. The molecule has 1 aliphatic heterocycles. The number of pyridine rings is 1. The molecule has 4 heterocycles. The molecule has 10 nitrogen and oxygen atoms in total. The van der Waals surface area contributed by atoms with Crippen molar-refractivity contribution in [1.29, 1.82) is 0 Å². The molecule has 0 bridgehead atoms. The van der Waals surface area contributed by atoms with Crippen LogP contribution in [0, 0.1) is 17.7 Å². The number of aromatic nitrogens is 5. The quantitative estimate of drug-likeness (QED) is 0.319. The summed E-state index contributed by atoms with van der Waals surface area (Å²) >= 11 is 0. The molecule has 1 saturated heterocycles. The molecule has 1 amide bonds. The van der Waals surface area contributed by atoms with Crippen molar-refractivity contribution in [2.75, 3.05) is 18.4 Å². The van der Waals surface area contributed by atoms with Gasteiger partial charge >= 0.3 is 0 Å². The second kappa shape index (κ2) is 10.2. The molecule has 0 spiro atoms. The number of benzene rings is 1. The minimum absolute atomic E-state index is 0.0426. The lowest BCUT2D eigenvalue weighted by molar-refractivity contribution is -0.128. The van der Waals surface area contributed by atoms with E-state index in [1.165, 1.54) is 6.07 Å². The van der Waals surface area contributed by atoms with Crippen LogP contribution in [0.2, 0.25) is 0 Å². The highest BCUT2D eigenvalue weighted by Gasteiger charge is 2.31. The highest BCUT2D eigenvalue weighted by molar-refractivity contribution is 6.00. The number of nitrogens with one attached hydrogen (secondary N) is 3. The first kappa shape index (κ1) is 25.4. The summed E-state index contributed by atoms with van der Waals surface area (Å²) in [5, 5.41) is 18.6. The molecule has 0 aliphatic carbocycles. The van der Waals surface area contributed by atoms with Crippen molar-refractivity contribution in [2.24, 2.45) is 0 Å².